The van der Waals surface area contributed by atoms with Crippen LogP contribution >= 0.6 is 0 Å². The smallest absolute Gasteiger partial charge is 0.329 e. The van der Waals surface area contributed by atoms with Gasteiger partial charge in [-0.2, -0.15) is 0 Å². The van der Waals surface area contributed by atoms with Gasteiger partial charge in [-0.3, -0.25) is 9.59 Å². The molecule has 1 aromatic heterocycles. The van der Waals surface area contributed by atoms with Gasteiger partial charge in [-0.25, -0.2) is 4.79 Å². The van der Waals surface area contributed by atoms with Gasteiger partial charge in [0.1, 0.15) is 13.2 Å². The Morgan fingerprint density at radius 3 is 2.59 bits per heavy atom. The van der Waals surface area contributed by atoms with E-state index in [1.807, 2.05) is 22.8 Å². The van der Waals surface area contributed by atoms with Crippen LogP contribution in [0, 0.1) is 5.92 Å². The number of likely N-dealkylation sites (tertiary alicyclic amines) is 1. The van der Waals surface area contributed by atoms with E-state index in [-0.39, 0.29) is 29.9 Å². The van der Waals surface area contributed by atoms with Crippen LogP contribution in [-0.2, 0) is 20.9 Å². The minimum absolute atomic E-state index is 0.0104. The summed E-state index contributed by atoms with van der Waals surface area (Å²) in [4.78, 5) is 37.8. The monoisotopic (exact) mass is 432 g/mol. The highest BCUT2D eigenvalue weighted by atomic mass is 16.5. The maximum absolute atomic E-state index is 12.7. The fourth-order valence-electron chi connectivity index (χ4n) is 5.14. The van der Waals surface area contributed by atoms with Crippen LogP contribution in [0.15, 0.2) is 59.4 Å². The largest absolute Gasteiger partial charge is 0.480 e. The summed E-state index contributed by atoms with van der Waals surface area (Å²) in [6.45, 7) is 0.890. The molecule has 2 aliphatic heterocycles. The number of rotatable bonds is 5. The second-order valence-corrected chi connectivity index (χ2v) is 8.63. The zero-order valence-electron chi connectivity index (χ0n) is 17.6. The van der Waals surface area contributed by atoms with E-state index in [2.05, 4.69) is 30.3 Å². The number of hydrogen-bond donors (Lipinski definition) is 1. The molecule has 0 radical (unpaired) electrons. The van der Waals surface area contributed by atoms with E-state index in [1.54, 1.807) is 11.0 Å². The van der Waals surface area contributed by atoms with Gasteiger partial charge in [0.2, 0.25) is 5.91 Å². The van der Waals surface area contributed by atoms with Gasteiger partial charge in [0, 0.05) is 42.9 Å². The highest BCUT2D eigenvalue weighted by Gasteiger charge is 2.37. The predicted molar refractivity (Wildman–Crippen MR) is 120 cm³/mol. The quantitative estimate of drug-likeness (QED) is 0.670. The molecule has 32 heavy (non-hydrogen) atoms. The third-order valence-electron chi connectivity index (χ3n) is 6.45. The third kappa shape index (κ3) is 3.80. The average Bonchev–Trinajstić information content (AvgIpc) is 2.79. The van der Waals surface area contributed by atoms with Crippen molar-refractivity contribution in [1.29, 1.82) is 0 Å². The lowest BCUT2D eigenvalue weighted by molar-refractivity contribution is -0.146. The lowest BCUT2D eigenvalue weighted by atomic mass is 9.80. The SMILES string of the molecule is O=C(O)COCC(=O)N1C[C@@H]2C[C@H](C1)c1c(-c3ccc4ccccc4c3)ccc(=O)n1C2. The first-order valence-corrected chi connectivity index (χ1v) is 10.8. The molecule has 2 atom stereocenters. The molecule has 1 amide bonds. The molecular weight excluding hydrogens is 408 g/mol. The second-order valence-electron chi connectivity index (χ2n) is 8.63. The van der Waals surface area contributed by atoms with Gasteiger partial charge in [-0.1, -0.05) is 36.4 Å². The molecule has 0 aliphatic carbocycles. The molecule has 7 heteroatoms. The first-order valence-electron chi connectivity index (χ1n) is 10.8. The molecule has 5 rings (SSSR count). The highest BCUT2D eigenvalue weighted by molar-refractivity contribution is 5.87. The van der Waals surface area contributed by atoms with Gasteiger partial charge < -0.3 is 19.3 Å². The molecule has 1 fully saturated rings. The van der Waals surface area contributed by atoms with Gasteiger partial charge in [0.15, 0.2) is 0 Å². The van der Waals surface area contributed by atoms with Crippen LogP contribution < -0.4 is 5.56 Å². The molecule has 2 bridgehead atoms. The van der Waals surface area contributed by atoms with Crippen LogP contribution in [-0.4, -0.2) is 52.8 Å². The summed E-state index contributed by atoms with van der Waals surface area (Å²) < 4.78 is 6.89. The summed E-state index contributed by atoms with van der Waals surface area (Å²) in [6.07, 6.45) is 0.920. The van der Waals surface area contributed by atoms with Crippen LogP contribution in [0.5, 0.6) is 0 Å². The number of pyridine rings is 1. The first-order chi connectivity index (χ1) is 15.5. The van der Waals surface area contributed by atoms with E-state index in [0.29, 0.717) is 19.6 Å². The van der Waals surface area contributed by atoms with Crippen molar-refractivity contribution < 1.29 is 19.4 Å². The molecular formula is C25H24N2O5. The number of benzene rings is 2. The molecule has 3 aromatic rings. The highest BCUT2D eigenvalue weighted by Crippen LogP contribution is 2.40. The Morgan fingerprint density at radius 2 is 1.78 bits per heavy atom. The zero-order chi connectivity index (χ0) is 22.2. The number of carbonyl (C=O) groups excluding carboxylic acids is 1. The number of carboxylic acid groups (broad SMARTS) is 1. The number of piperidine rings is 1. The fraction of sp³-hybridized carbons (Fsp3) is 0.320. The Morgan fingerprint density at radius 1 is 0.969 bits per heavy atom. The number of carbonyl (C=O) groups is 2. The first kappa shape index (κ1) is 20.5. The molecule has 0 unspecified atom stereocenters. The predicted octanol–water partition coefficient (Wildman–Crippen LogP) is 2.72. The summed E-state index contributed by atoms with van der Waals surface area (Å²) in [5, 5.41) is 11.0. The Labute approximate surface area is 184 Å². The number of carboxylic acids is 1. The van der Waals surface area contributed by atoms with Crippen LogP contribution in [0.4, 0.5) is 0 Å². The zero-order valence-corrected chi connectivity index (χ0v) is 17.6. The number of fused-ring (bicyclic) bond motifs is 5. The van der Waals surface area contributed by atoms with Gasteiger partial charge in [-0.05, 0) is 40.8 Å². The normalized spacial score (nSPS) is 19.6. The molecule has 0 saturated carbocycles. The Bertz CT molecular complexity index is 1260. The van der Waals surface area contributed by atoms with Crippen molar-refractivity contribution in [3.8, 4) is 11.1 Å². The van der Waals surface area contributed by atoms with Crippen molar-refractivity contribution in [3.63, 3.8) is 0 Å². The molecule has 2 aromatic carbocycles. The minimum Gasteiger partial charge on any atom is -0.480 e. The molecule has 164 valence electrons. The number of amides is 1. The Hall–Kier alpha value is -3.45. The van der Waals surface area contributed by atoms with Crippen LogP contribution in [0.2, 0.25) is 0 Å². The van der Waals surface area contributed by atoms with Gasteiger partial charge in [0.05, 0.1) is 0 Å². The number of ether oxygens (including phenoxy) is 1. The summed E-state index contributed by atoms with van der Waals surface area (Å²) in [5.41, 5.74) is 3.05. The minimum atomic E-state index is -1.10. The number of aromatic nitrogens is 1. The number of hydrogen-bond acceptors (Lipinski definition) is 4. The molecule has 7 nitrogen and oxygen atoms in total. The molecule has 2 aliphatic rings. The Kier molecular flexibility index (Phi) is 5.27. The van der Waals surface area contributed by atoms with E-state index >= 15 is 0 Å². The Balaban J connectivity index is 1.48. The van der Waals surface area contributed by atoms with Crippen LogP contribution in [0.1, 0.15) is 18.0 Å². The van der Waals surface area contributed by atoms with E-state index in [4.69, 9.17) is 9.84 Å². The van der Waals surface area contributed by atoms with Gasteiger partial charge in [-0.15, -0.1) is 0 Å². The standard InChI is InChI=1S/C25H24N2O5/c28-22-8-7-21(19-6-5-17-3-1-2-4-18(17)10-19)25-20-9-16(12-27(22)25)11-26(13-20)23(29)14-32-15-24(30)31/h1-8,10,16,20H,9,11-15H2,(H,30,31)/t16-,20+/m0/s1. The van der Waals surface area contributed by atoms with Gasteiger partial charge >= 0.3 is 5.97 Å². The van der Waals surface area contributed by atoms with Crippen molar-refractivity contribution in [3.05, 3.63) is 70.6 Å². The lowest BCUT2D eigenvalue weighted by Gasteiger charge is -2.43. The third-order valence-corrected chi connectivity index (χ3v) is 6.45. The second kappa shape index (κ2) is 8.24. The average molecular weight is 432 g/mol. The topological polar surface area (TPSA) is 88.8 Å². The van der Waals surface area contributed by atoms with E-state index in [0.717, 1.165) is 34.0 Å². The van der Waals surface area contributed by atoms with Crippen molar-refractivity contribution in [2.24, 2.45) is 5.92 Å². The van der Waals surface area contributed by atoms with Crippen molar-refractivity contribution in [1.82, 2.24) is 9.47 Å². The molecule has 0 spiro atoms. The summed E-state index contributed by atoms with van der Waals surface area (Å²) >= 11 is 0. The van der Waals surface area contributed by atoms with Crippen molar-refractivity contribution in [2.75, 3.05) is 26.3 Å². The van der Waals surface area contributed by atoms with Crippen LogP contribution in [0.3, 0.4) is 0 Å². The summed E-state index contributed by atoms with van der Waals surface area (Å²) in [6, 6.07) is 18.0. The van der Waals surface area contributed by atoms with E-state index < -0.39 is 12.6 Å². The summed E-state index contributed by atoms with van der Waals surface area (Å²) in [7, 11) is 0. The van der Waals surface area contributed by atoms with E-state index in [9.17, 15) is 14.4 Å². The maximum atomic E-state index is 12.7. The molecule has 1 saturated heterocycles. The summed E-state index contributed by atoms with van der Waals surface area (Å²) in [5.74, 6) is -1.07. The van der Waals surface area contributed by atoms with E-state index in [1.165, 1.54) is 0 Å². The number of aliphatic carboxylic acids is 1. The molecule has 3 heterocycles. The fourth-order valence-corrected chi connectivity index (χ4v) is 5.14. The number of nitrogens with zero attached hydrogens (tertiary/aromatic N) is 2. The van der Waals surface area contributed by atoms with Crippen molar-refractivity contribution in [2.45, 2.75) is 18.9 Å². The van der Waals surface area contributed by atoms with Crippen LogP contribution in [0.25, 0.3) is 21.9 Å². The molecule has 1 N–H and O–H groups in total. The lowest BCUT2D eigenvalue weighted by Crippen LogP contribution is -2.50. The van der Waals surface area contributed by atoms with Crippen molar-refractivity contribution >= 4 is 22.6 Å². The van der Waals surface area contributed by atoms with Gasteiger partial charge in [0.25, 0.3) is 5.56 Å². The maximum Gasteiger partial charge on any atom is 0.329 e.